The highest BCUT2D eigenvalue weighted by atomic mass is 15.4. The molecule has 0 spiro atoms. The molecule has 0 atom stereocenters. The van der Waals surface area contributed by atoms with E-state index in [4.69, 9.17) is 33.1 Å². The van der Waals surface area contributed by atoms with Gasteiger partial charge in [0.05, 0.1) is 12.2 Å². The molecule has 0 saturated carbocycles. The number of imidazole rings is 1. The van der Waals surface area contributed by atoms with Crippen LogP contribution in [0.5, 0.6) is 0 Å². The summed E-state index contributed by atoms with van der Waals surface area (Å²) in [6.07, 6.45) is 2.58. The number of nitrogens with zero attached hydrogens (tertiary/aromatic N) is 5. The summed E-state index contributed by atoms with van der Waals surface area (Å²) in [7, 11) is 0. The Morgan fingerprint density at radius 2 is 1.77 bits per heavy atom. The lowest BCUT2D eigenvalue weighted by Crippen LogP contribution is -2.30. The first-order valence-corrected chi connectivity index (χ1v) is 13.2. The molecular weight excluding hydrogens is 486 g/mol. The van der Waals surface area contributed by atoms with E-state index in [1.54, 1.807) is 11.2 Å². The molecule has 2 heterocycles. The fraction of sp³-hybridized carbons (Fsp3) is 0.300. The predicted molar refractivity (Wildman–Crippen MR) is 160 cm³/mol. The van der Waals surface area contributed by atoms with Crippen molar-refractivity contribution in [2.24, 2.45) is 34.2 Å². The number of fused-ring (bicyclic) bond motifs is 1. The van der Waals surface area contributed by atoms with E-state index < -0.39 is 0 Å². The van der Waals surface area contributed by atoms with E-state index in [9.17, 15) is 0 Å². The van der Waals surface area contributed by atoms with Gasteiger partial charge < -0.3 is 26.9 Å². The Morgan fingerprint density at radius 3 is 2.41 bits per heavy atom. The van der Waals surface area contributed by atoms with E-state index in [0.717, 1.165) is 62.5 Å². The van der Waals surface area contributed by atoms with Crippen LogP contribution in [0.25, 0.3) is 28.0 Å². The second-order valence-electron chi connectivity index (χ2n) is 10.4. The molecule has 0 unspecified atom stereocenters. The lowest BCUT2D eigenvalue weighted by Gasteiger charge is -2.18. The highest BCUT2D eigenvalue weighted by molar-refractivity contribution is 6.03. The number of rotatable bonds is 9. The number of hydrogen-bond donors (Lipinski definition) is 4. The van der Waals surface area contributed by atoms with Gasteiger partial charge in [-0.3, -0.25) is 0 Å². The van der Waals surface area contributed by atoms with Crippen LogP contribution in [0, 0.1) is 19.8 Å². The maximum atomic E-state index is 6.41. The minimum absolute atomic E-state index is 0.248. The maximum absolute atomic E-state index is 6.41. The van der Waals surface area contributed by atoms with Crippen LogP contribution in [0.4, 0.5) is 0 Å². The fourth-order valence-corrected chi connectivity index (χ4v) is 4.84. The monoisotopic (exact) mass is 525 g/mol. The van der Waals surface area contributed by atoms with Crippen molar-refractivity contribution in [2.75, 3.05) is 6.54 Å². The van der Waals surface area contributed by atoms with Crippen LogP contribution < -0.4 is 23.2 Å². The molecule has 4 rings (SSSR count). The van der Waals surface area contributed by atoms with Gasteiger partial charge >= 0.3 is 0 Å². The van der Waals surface area contributed by atoms with E-state index in [1.165, 1.54) is 0 Å². The maximum Gasteiger partial charge on any atom is 0.160 e. The van der Waals surface area contributed by atoms with Gasteiger partial charge in [-0.05, 0) is 65.8 Å². The molecule has 4 aromatic rings. The number of hydrazine groups is 1. The summed E-state index contributed by atoms with van der Waals surface area (Å²) >= 11 is 0. The second kappa shape index (κ2) is 11.6. The first-order chi connectivity index (χ1) is 18.6. The molecule has 0 aliphatic carbocycles. The number of benzene rings is 2. The van der Waals surface area contributed by atoms with E-state index in [2.05, 4.69) is 67.7 Å². The van der Waals surface area contributed by atoms with Crippen molar-refractivity contribution in [1.29, 1.82) is 0 Å². The van der Waals surface area contributed by atoms with Crippen molar-refractivity contribution in [1.82, 2.24) is 19.5 Å². The average molecular weight is 526 g/mol. The van der Waals surface area contributed by atoms with Crippen LogP contribution in [0.3, 0.4) is 0 Å². The van der Waals surface area contributed by atoms with E-state index in [-0.39, 0.29) is 5.84 Å². The van der Waals surface area contributed by atoms with Gasteiger partial charge in [0.25, 0.3) is 0 Å². The van der Waals surface area contributed by atoms with E-state index >= 15 is 0 Å². The van der Waals surface area contributed by atoms with Crippen LogP contribution in [-0.2, 0) is 13.0 Å². The third kappa shape index (κ3) is 6.04. The third-order valence-electron chi connectivity index (χ3n) is 6.67. The smallest absolute Gasteiger partial charge is 0.160 e. The molecule has 2 aromatic heterocycles. The van der Waals surface area contributed by atoms with Crippen LogP contribution in [0.15, 0.2) is 59.8 Å². The molecule has 9 heteroatoms. The fourth-order valence-electron chi connectivity index (χ4n) is 4.84. The van der Waals surface area contributed by atoms with Gasteiger partial charge in [-0.1, -0.05) is 51.1 Å². The van der Waals surface area contributed by atoms with Gasteiger partial charge in [0.1, 0.15) is 11.3 Å². The van der Waals surface area contributed by atoms with Gasteiger partial charge in [-0.15, -0.1) is 0 Å². The van der Waals surface area contributed by atoms with Crippen LogP contribution >= 0.6 is 0 Å². The molecule has 9 nitrogen and oxygen atoms in total. The van der Waals surface area contributed by atoms with Crippen molar-refractivity contribution in [3.05, 3.63) is 88.5 Å². The van der Waals surface area contributed by atoms with Crippen LogP contribution in [-0.4, -0.2) is 31.9 Å². The molecule has 0 saturated heterocycles. The number of nitrogens with two attached hydrogens (primary N) is 4. The van der Waals surface area contributed by atoms with Gasteiger partial charge in [0.15, 0.2) is 11.5 Å². The summed E-state index contributed by atoms with van der Waals surface area (Å²) in [6, 6.07) is 16.2. The molecule has 8 N–H and O–H groups in total. The summed E-state index contributed by atoms with van der Waals surface area (Å²) in [5.74, 6) is 13.3. The Morgan fingerprint density at radius 1 is 1.05 bits per heavy atom. The minimum atomic E-state index is 0.248. The standard InChI is InChI=1S/C30H39N9/c1-6-27-36-28-19(4)13-20(5)35-30(28)39(27)16-21-7-9-22(10-8-21)25-14-23(11-12-24(25)29(32)37-33)26(31)17-38(34)15-18(2)3/h7-14,17-18H,6,15-16,31,33-34H2,1-5H3,(H2,32,37)/b26-17-. The van der Waals surface area contributed by atoms with E-state index in [0.29, 0.717) is 24.7 Å². The Labute approximate surface area is 230 Å². The number of aromatic nitrogens is 3. The molecule has 0 fully saturated rings. The zero-order chi connectivity index (χ0) is 28.3. The van der Waals surface area contributed by atoms with E-state index in [1.807, 2.05) is 25.1 Å². The largest absolute Gasteiger partial charge is 0.397 e. The predicted octanol–water partition coefficient (Wildman–Crippen LogP) is 3.99. The Kier molecular flexibility index (Phi) is 8.21. The molecule has 2 aromatic carbocycles. The SMILES string of the molecule is CCc1nc2c(C)cc(C)nc2n1Cc1ccc(-c2cc(/C(N)=C/N(N)CC(C)C)ccc2/C(N)=N/N)cc1. The molecule has 0 bridgehead atoms. The number of hydrazone groups is 1. The molecule has 0 radical (unpaired) electrons. The Bertz CT molecular complexity index is 1530. The highest BCUT2D eigenvalue weighted by Crippen LogP contribution is 2.28. The average Bonchev–Trinajstić information content (AvgIpc) is 3.25. The van der Waals surface area contributed by atoms with Crippen molar-refractivity contribution in [3.8, 4) is 11.1 Å². The van der Waals surface area contributed by atoms with Gasteiger partial charge in [0.2, 0.25) is 0 Å². The van der Waals surface area contributed by atoms with Crippen molar-refractivity contribution in [3.63, 3.8) is 0 Å². The number of hydrogen-bond acceptors (Lipinski definition) is 7. The van der Waals surface area contributed by atoms with Crippen molar-refractivity contribution < 1.29 is 0 Å². The zero-order valence-corrected chi connectivity index (χ0v) is 23.4. The van der Waals surface area contributed by atoms with Gasteiger partial charge in [-0.25, -0.2) is 15.8 Å². The normalized spacial score (nSPS) is 12.5. The lowest BCUT2D eigenvalue weighted by molar-refractivity contribution is 0.343. The molecule has 0 aliphatic rings. The first kappa shape index (κ1) is 27.7. The summed E-state index contributed by atoms with van der Waals surface area (Å²) in [6.45, 7) is 11.8. The summed E-state index contributed by atoms with van der Waals surface area (Å²) < 4.78 is 2.21. The highest BCUT2D eigenvalue weighted by Gasteiger charge is 2.15. The Balaban J connectivity index is 1.70. The molecule has 0 amide bonds. The molecule has 39 heavy (non-hydrogen) atoms. The summed E-state index contributed by atoms with van der Waals surface area (Å²) in [5, 5.41) is 5.34. The number of pyridine rings is 1. The summed E-state index contributed by atoms with van der Waals surface area (Å²) in [4.78, 5) is 9.67. The topological polar surface area (TPSA) is 150 Å². The summed E-state index contributed by atoms with van der Waals surface area (Å²) in [5.41, 5.74) is 21.7. The molecule has 204 valence electrons. The Hall–Kier alpha value is -4.37. The molecular formula is C30H39N9. The van der Waals surface area contributed by atoms with Gasteiger partial charge in [0, 0.05) is 30.4 Å². The number of aryl methyl sites for hydroxylation is 3. The zero-order valence-electron chi connectivity index (χ0n) is 23.4. The first-order valence-electron chi connectivity index (χ1n) is 13.2. The minimum Gasteiger partial charge on any atom is -0.397 e. The van der Waals surface area contributed by atoms with Crippen LogP contribution in [0.2, 0.25) is 0 Å². The number of amidine groups is 1. The van der Waals surface area contributed by atoms with Gasteiger partial charge in [-0.2, -0.15) is 5.10 Å². The second-order valence-corrected chi connectivity index (χ2v) is 10.4. The van der Waals surface area contributed by atoms with Crippen molar-refractivity contribution in [2.45, 2.75) is 47.6 Å². The third-order valence-corrected chi connectivity index (χ3v) is 6.67. The molecule has 0 aliphatic heterocycles. The quantitative estimate of drug-likeness (QED) is 0.112. The van der Waals surface area contributed by atoms with Crippen molar-refractivity contribution >= 4 is 22.7 Å². The lowest BCUT2D eigenvalue weighted by atomic mass is 9.95. The van der Waals surface area contributed by atoms with Crippen LogP contribution in [0.1, 0.15) is 54.5 Å².